The van der Waals surface area contributed by atoms with Crippen LogP contribution in [0.1, 0.15) is 23.2 Å². The van der Waals surface area contributed by atoms with Crippen molar-refractivity contribution in [2.45, 2.75) is 17.7 Å². The molecule has 0 aliphatic carbocycles. The molecule has 0 aliphatic rings. The van der Waals surface area contributed by atoms with E-state index < -0.39 is 21.0 Å². The van der Waals surface area contributed by atoms with Crippen LogP contribution >= 0.6 is 0 Å². The van der Waals surface area contributed by atoms with Crippen molar-refractivity contribution in [3.63, 3.8) is 0 Å². The topological polar surface area (TPSA) is 130 Å². The fourth-order valence-electron chi connectivity index (χ4n) is 1.66. The number of carboxylic acids is 1. The molecule has 0 aromatic heterocycles. The predicted octanol–water partition coefficient (Wildman–Crippen LogP) is -0.204. The van der Waals surface area contributed by atoms with E-state index in [4.69, 9.17) is 14.4 Å². The number of hydrogen-bond donors (Lipinski definition) is 3. The first-order valence-electron chi connectivity index (χ1n) is 6.63. The van der Waals surface area contributed by atoms with Crippen molar-refractivity contribution >= 4 is 81.1 Å². The van der Waals surface area contributed by atoms with Crippen molar-refractivity contribution in [3.8, 4) is 5.75 Å². The van der Waals surface area contributed by atoms with Gasteiger partial charge in [-0.25, -0.2) is 4.79 Å². The van der Waals surface area contributed by atoms with E-state index in [9.17, 15) is 18.0 Å². The molecule has 0 aliphatic heterocycles. The van der Waals surface area contributed by atoms with Gasteiger partial charge in [0.2, 0.25) is 5.91 Å². The van der Waals surface area contributed by atoms with Gasteiger partial charge >= 0.3 is 65.1 Å². The van der Waals surface area contributed by atoms with Crippen LogP contribution in [0.5, 0.6) is 5.75 Å². The van der Waals surface area contributed by atoms with E-state index in [-0.39, 0.29) is 82.9 Å². The molecule has 0 heterocycles. The third-order valence-electron chi connectivity index (χ3n) is 2.79. The van der Waals surface area contributed by atoms with Crippen LogP contribution in [0.25, 0.3) is 0 Å². The fourth-order valence-corrected chi connectivity index (χ4v) is 2.16. The number of ether oxygens (including phenoxy) is 1. The van der Waals surface area contributed by atoms with E-state index in [0.717, 1.165) is 18.2 Å². The van der Waals surface area contributed by atoms with E-state index in [0.29, 0.717) is 19.4 Å². The molecule has 11 heteroatoms. The molecule has 8 nitrogen and oxygen atoms in total. The van der Waals surface area contributed by atoms with Gasteiger partial charge < -0.3 is 15.2 Å². The number of hydrogen-bond acceptors (Lipinski definition) is 5. The number of carbonyl (C=O) groups excluding carboxylic acids is 1. The SMILES string of the molecule is C=CC(=O)NCCCCOc1ccc(S(=O)(=O)O)cc1C(=O)O.[NaH].[NaH]. The van der Waals surface area contributed by atoms with E-state index in [1.165, 1.54) is 6.07 Å². The molecule has 0 radical (unpaired) electrons. The maximum atomic E-state index is 11.1. The van der Waals surface area contributed by atoms with Crippen LogP contribution in [0.2, 0.25) is 0 Å². The summed E-state index contributed by atoms with van der Waals surface area (Å²) >= 11 is 0. The molecule has 1 aromatic rings. The summed E-state index contributed by atoms with van der Waals surface area (Å²) in [5.41, 5.74) is -0.361. The molecule has 1 rings (SSSR count). The summed E-state index contributed by atoms with van der Waals surface area (Å²) in [4.78, 5) is 21.5. The van der Waals surface area contributed by atoms with E-state index >= 15 is 0 Å². The molecule has 0 atom stereocenters. The van der Waals surface area contributed by atoms with Gasteiger partial charge in [0.05, 0.1) is 11.5 Å². The number of benzene rings is 1. The van der Waals surface area contributed by atoms with Gasteiger partial charge in [-0.05, 0) is 37.1 Å². The molecule has 25 heavy (non-hydrogen) atoms. The van der Waals surface area contributed by atoms with E-state index in [1.807, 2.05) is 0 Å². The predicted molar refractivity (Wildman–Crippen MR) is 95.4 cm³/mol. The van der Waals surface area contributed by atoms with Crippen molar-refractivity contribution in [2.24, 2.45) is 0 Å². The number of aromatic carboxylic acids is 1. The number of amides is 1. The van der Waals surface area contributed by atoms with Crippen molar-refractivity contribution in [2.75, 3.05) is 13.2 Å². The molecule has 0 saturated carbocycles. The molecule has 130 valence electrons. The monoisotopic (exact) mass is 391 g/mol. The van der Waals surface area contributed by atoms with Gasteiger partial charge in [-0.3, -0.25) is 9.35 Å². The van der Waals surface area contributed by atoms with Crippen molar-refractivity contribution in [1.82, 2.24) is 5.32 Å². The van der Waals surface area contributed by atoms with Crippen molar-refractivity contribution < 1.29 is 32.4 Å². The third kappa shape index (κ3) is 9.76. The molecule has 0 bridgehead atoms. The first-order valence-corrected chi connectivity index (χ1v) is 8.07. The van der Waals surface area contributed by atoms with E-state index in [2.05, 4.69) is 11.9 Å². The Morgan fingerprint density at radius 3 is 2.40 bits per heavy atom. The van der Waals surface area contributed by atoms with Crippen LogP contribution in [0, 0.1) is 0 Å². The summed E-state index contributed by atoms with van der Waals surface area (Å²) in [6.45, 7) is 3.94. The van der Waals surface area contributed by atoms with Gasteiger partial charge in [0.25, 0.3) is 10.1 Å². The molecular formula is C14H19NNa2O7S. The Kier molecular flexibility index (Phi) is 13.8. The Labute approximate surface area is 190 Å². The zero-order valence-corrected chi connectivity index (χ0v) is 13.0. The van der Waals surface area contributed by atoms with Gasteiger partial charge in [-0.1, -0.05) is 6.58 Å². The summed E-state index contributed by atoms with van der Waals surface area (Å²) < 4.78 is 36.3. The molecule has 0 spiro atoms. The normalized spacial score (nSPS) is 9.96. The van der Waals surface area contributed by atoms with Crippen molar-refractivity contribution in [3.05, 3.63) is 36.4 Å². The van der Waals surface area contributed by atoms with E-state index in [1.54, 1.807) is 0 Å². The first-order chi connectivity index (χ1) is 10.8. The molecule has 1 amide bonds. The number of unbranched alkanes of at least 4 members (excludes halogenated alkanes) is 1. The average Bonchev–Trinajstić information content (AvgIpc) is 2.49. The van der Waals surface area contributed by atoms with Crippen LogP contribution in [0.4, 0.5) is 0 Å². The van der Waals surface area contributed by atoms with Gasteiger partial charge in [0, 0.05) is 6.54 Å². The van der Waals surface area contributed by atoms with Crippen molar-refractivity contribution in [1.29, 1.82) is 0 Å². The summed E-state index contributed by atoms with van der Waals surface area (Å²) in [6, 6.07) is 3.06. The average molecular weight is 391 g/mol. The summed E-state index contributed by atoms with van der Waals surface area (Å²) in [5.74, 6) is -1.65. The zero-order valence-electron chi connectivity index (χ0n) is 12.2. The third-order valence-corrected chi connectivity index (χ3v) is 3.64. The molecule has 1 aromatic carbocycles. The molecule has 3 N–H and O–H groups in total. The van der Waals surface area contributed by atoms with Crippen LogP contribution in [0.3, 0.4) is 0 Å². The second-order valence-electron chi connectivity index (χ2n) is 4.49. The van der Waals surface area contributed by atoms with Gasteiger partial charge in [-0.2, -0.15) is 8.42 Å². The summed E-state index contributed by atoms with van der Waals surface area (Å²) in [7, 11) is -4.49. The Bertz CT molecular complexity index is 707. The molecule has 0 saturated heterocycles. The fraction of sp³-hybridized carbons (Fsp3) is 0.286. The van der Waals surface area contributed by atoms with Gasteiger partial charge in [0.1, 0.15) is 11.3 Å². The number of rotatable bonds is 9. The zero-order chi connectivity index (χ0) is 17.5. The van der Waals surface area contributed by atoms with Crippen LogP contribution in [-0.2, 0) is 14.9 Å². The summed E-state index contributed by atoms with van der Waals surface area (Å²) in [6.07, 6.45) is 2.33. The number of nitrogens with one attached hydrogen (secondary N) is 1. The Balaban J connectivity index is 0. The minimum absolute atomic E-state index is 0. The first kappa shape index (κ1) is 26.8. The molecule has 0 fully saturated rings. The number of carbonyl (C=O) groups is 2. The quantitative estimate of drug-likeness (QED) is 0.230. The Hall–Kier alpha value is -0.390. The van der Waals surface area contributed by atoms with Gasteiger partial charge in [-0.15, -0.1) is 0 Å². The molecular weight excluding hydrogens is 372 g/mol. The standard InChI is InChI=1S/C14H17NO7S.2Na.2H/c1-2-13(16)15-7-3-4-8-22-12-6-5-10(23(19,20)21)9-11(12)14(17)18;;;;/h2,5-6,9H,1,3-4,7-8H2,(H,15,16)(H,17,18)(H,19,20,21);;;;. The second-order valence-corrected chi connectivity index (χ2v) is 5.91. The minimum atomic E-state index is -4.49. The maximum absolute atomic E-state index is 11.1. The van der Waals surface area contributed by atoms with Crippen LogP contribution in [-0.4, -0.2) is 102 Å². The van der Waals surface area contributed by atoms with Gasteiger partial charge in [0.15, 0.2) is 0 Å². The number of carboxylic acid groups (broad SMARTS) is 1. The van der Waals surface area contributed by atoms with Crippen LogP contribution < -0.4 is 10.1 Å². The van der Waals surface area contributed by atoms with Crippen LogP contribution in [0.15, 0.2) is 35.7 Å². The Morgan fingerprint density at radius 1 is 1.24 bits per heavy atom. The Morgan fingerprint density at radius 2 is 1.88 bits per heavy atom. The molecule has 0 unspecified atom stereocenters. The summed E-state index contributed by atoms with van der Waals surface area (Å²) in [5, 5.41) is 11.7. The second kappa shape index (κ2) is 12.9.